The third-order valence-corrected chi connectivity index (χ3v) is 3.77. The fourth-order valence-electron chi connectivity index (χ4n) is 1.91. The molecule has 1 unspecified atom stereocenters. The number of carbonyl (C=O) groups is 1. The highest BCUT2D eigenvalue weighted by Crippen LogP contribution is 2.25. The van der Waals surface area contributed by atoms with Gasteiger partial charge < -0.3 is 4.90 Å². The van der Waals surface area contributed by atoms with Gasteiger partial charge in [-0.3, -0.25) is 10.1 Å². The van der Waals surface area contributed by atoms with Crippen LogP contribution in [0.5, 0.6) is 0 Å². The monoisotopic (exact) mass is 311 g/mol. The van der Waals surface area contributed by atoms with E-state index >= 15 is 0 Å². The van der Waals surface area contributed by atoms with Crippen LogP contribution >= 0.6 is 23.7 Å². The molecular formula is C11H16ClF2N3OS. The second-order valence-corrected chi connectivity index (χ2v) is 5.41. The highest BCUT2D eigenvalue weighted by atomic mass is 35.5. The molecule has 1 aliphatic rings. The summed E-state index contributed by atoms with van der Waals surface area (Å²) in [5.74, 6) is -3.04. The fourth-order valence-corrected chi connectivity index (χ4v) is 2.52. The minimum atomic E-state index is -2.77. The first kappa shape index (κ1) is 16.3. The third-order valence-electron chi connectivity index (χ3n) is 2.93. The second-order valence-electron chi connectivity index (χ2n) is 4.43. The zero-order valence-corrected chi connectivity index (χ0v) is 12.1. The SMILES string of the molecule is CN(CCc1nccs1)C(=O)C1CC(F)(F)CN1.Cl. The van der Waals surface area contributed by atoms with Crippen molar-refractivity contribution < 1.29 is 13.6 Å². The van der Waals surface area contributed by atoms with Crippen LogP contribution in [0.15, 0.2) is 11.6 Å². The van der Waals surface area contributed by atoms with Crippen molar-refractivity contribution in [1.29, 1.82) is 0 Å². The first-order valence-electron chi connectivity index (χ1n) is 5.72. The van der Waals surface area contributed by atoms with Crippen LogP contribution in [0, 0.1) is 0 Å². The Hall–Kier alpha value is -0.790. The molecule has 0 aliphatic carbocycles. The summed E-state index contributed by atoms with van der Waals surface area (Å²) in [6.45, 7) is 0.0832. The van der Waals surface area contributed by atoms with E-state index in [2.05, 4.69) is 10.3 Å². The lowest BCUT2D eigenvalue weighted by Gasteiger charge is -2.20. The highest BCUT2D eigenvalue weighted by Gasteiger charge is 2.42. The van der Waals surface area contributed by atoms with E-state index in [0.29, 0.717) is 13.0 Å². The molecule has 0 bridgehead atoms. The van der Waals surface area contributed by atoms with Crippen LogP contribution in [-0.2, 0) is 11.2 Å². The molecule has 0 aromatic carbocycles. The number of amides is 1. The molecule has 1 atom stereocenters. The normalized spacial score (nSPS) is 20.9. The molecular weight excluding hydrogens is 296 g/mol. The lowest BCUT2D eigenvalue weighted by molar-refractivity contribution is -0.132. The van der Waals surface area contributed by atoms with Gasteiger partial charge in [-0.2, -0.15) is 0 Å². The Kier molecular flexibility index (Phi) is 5.64. The average molecular weight is 312 g/mol. The highest BCUT2D eigenvalue weighted by molar-refractivity contribution is 7.09. The van der Waals surface area contributed by atoms with Gasteiger partial charge in [0.05, 0.1) is 17.6 Å². The lowest BCUT2D eigenvalue weighted by Crippen LogP contribution is -2.42. The zero-order valence-electron chi connectivity index (χ0n) is 10.4. The van der Waals surface area contributed by atoms with Gasteiger partial charge in [0.1, 0.15) is 0 Å². The van der Waals surface area contributed by atoms with E-state index in [-0.39, 0.29) is 18.3 Å². The molecule has 1 aromatic heterocycles. The van der Waals surface area contributed by atoms with Gasteiger partial charge >= 0.3 is 0 Å². The minimum absolute atomic E-state index is 0. The number of rotatable bonds is 4. The molecule has 2 heterocycles. The Balaban J connectivity index is 0.00000180. The van der Waals surface area contributed by atoms with Crippen LogP contribution < -0.4 is 5.32 Å². The van der Waals surface area contributed by atoms with Crippen LogP contribution in [0.4, 0.5) is 8.78 Å². The van der Waals surface area contributed by atoms with Crippen molar-refractivity contribution in [3.63, 3.8) is 0 Å². The molecule has 19 heavy (non-hydrogen) atoms. The number of halogens is 3. The molecule has 1 aliphatic heterocycles. The van der Waals surface area contributed by atoms with Crippen LogP contribution in [0.1, 0.15) is 11.4 Å². The van der Waals surface area contributed by atoms with Gasteiger partial charge in [-0.1, -0.05) is 0 Å². The molecule has 1 fully saturated rings. The molecule has 0 spiro atoms. The van der Waals surface area contributed by atoms with Gasteiger partial charge in [0.15, 0.2) is 0 Å². The molecule has 2 rings (SSSR count). The van der Waals surface area contributed by atoms with Gasteiger partial charge in [0.25, 0.3) is 5.92 Å². The maximum atomic E-state index is 13.0. The van der Waals surface area contributed by atoms with Gasteiger partial charge in [0, 0.05) is 38.0 Å². The summed E-state index contributed by atoms with van der Waals surface area (Å²) in [7, 11) is 1.63. The number of aromatic nitrogens is 1. The molecule has 0 radical (unpaired) electrons. The number of nitrogens with zero attached hydrogens (tertiary/aromatic N) is 2. The summed E-state index contributed by atoms with van der Waals surface area (Å²) in [6.07, 6.45) is 1.96. The summed E-state index contributed by atoms with van der Waals surface area (Å²) in [5.41, 5.74) is 0. The molecule has 1 amide bonds. The van der Waals surface area contributed by atoms with Crippen molar-refractivity contribution in [3.8, 4) is 0 Å². The summed E-state index contributed by atoms with van der Waals surface area (Å²) in [6, 6.07) is -0.763. The molecule has 8 heteroatoms. The molecule has 108 valence electrons. The predicted molar refractivity (Wildman–Crippen MR) is 72.1 cm³/mol. The predicted octanol–water partition coefficient (Wildman–Crippen LogP) is 1.56. The standard InChI is InChI=1S/C11H15F2N3OS.ClH/c1-16(4-2-9-14-3-5-18-9)10(17)8-6-11(12,13)7-15-8;/h3,5,8,15H,2,4,6-7H2,1H3;1H. The van der Waals surface area contributed by atoms with Crippen molar-refractivity contribution in [3.05, 3.63) is 16.6 Å². The van der Waals surface area contributed by atoms with Crippen LogP contribution in [0.3, 0.4) is 0 Å². The number of thiazole rings is 1. The van der Waals surface area contributed by atoms with E-state index in [9.17, 15) is 13.6 Å². The summed E-state index contributed by atoms with van der Waals surface area (Å²) in [5, 5.41) is 5.38. The number of hydrogen-bond acceptors (Lipinski definition) is 4. The zero-order chi connectivity index (χ0) is 13.2. The summed E-state index contributed by atoms with van der Waals surface area (Å²) >= 11 is 1.52. The number of hydrogen-bond donors (Lipinski definition) is 1. The maximum Gasteiger partial charge on any atom is 0.262 e. The van der Waals surface area contributed by atoms with E-state index < -0.39 is 24.9 Å². The Morgan fingerprint density at radius 1 is 1.68 bits per heavy atom. The number of nitrogens with one attached hydrogen (secondary N) is 1. The van der Waals surface area contributed by atoms with E-state index in [1.165, 1.54) is 16.2 Å². The Morgan fingerprint density at radius 2 is 2.42 bits per heavy atom. The largest absolute Gasteiger partial charge is 0.344 e. The van der Waals surface area contributed by atoms with E-state index in [1.54, 1.807) is 13.2 Å². The Labute approximate surface area is 120 Å². The smallest absolute Gasteiger partial charge is 0.262 e. The van der Waals surface area contributed by atoms with Gasteiger partial charge in [-0.05, 0) is 0 Å². The molecule has 4 nitrogen and oxygen atoms in total. The summed E-state index contributed by atoms with van der Waals surface area (Å²) < 4.78 is 26.0. The summed E-state index contributed by atoms with van der Waals surface area (Å²) in [4.78, 5) is 17.5. The first-order valence-corrected chi connectivity index (χ1v) is 6.60. The van der Waals surface area contributed by atoms with Crippen LogP contribution in [0.2, 0.25) is 0 Å². The van der Waals surface area contributed by atoms with E-state index in [4.69, 9.17) is 0 Å². The van der Waals surface area contributed by atoms with Crippen molar-refractivity contribution in [2.24, 2.45) is 0 Å². The molecule has 1 aromatic rings. The van der Waals surface area contributed by atoms with Crippen LogP contribution in [-0.4, -0.2) is 47.9 Å². The second kappa shape index (κ2) is 6.58. The van der Waals surface area contributed by atoms with Crippen molar-refractivity contribution in [2.45, 2.75) is 24.8 Å². The molecule has 0 saturated carbocycles. The van der Waals surface area contributed by atoms with E-state index in [1.807, 2.05) is 5.38 Å². The van der Waals surface area contributed by atoms with E-state index in [0.717, 1.165) is 5.01 Å². The number of alkyl halides is 2. The van der Waals surface area contributed by atoms with Crippen molar-refractivity contribution in [2.75, 3.05) is 20.1 Å². The topological polar surface area (TPSA) is 45.2 Å². The van der Waals surface area contributed by atoms with Crippen molar-refractivity contribution >= 4 is 29.7 Å². The average Bonchev–Trinajstić information content (AvgIpc) is 2.94. The Morgan fingerprint density at radius 3 is 2.95 bits per heavy atom. The minimum Gasteiger partial charge on any atom is -0.344 e. The number of likely N-dealkylation sites (N-methyl/N-ethyl adjacent to an activating group) is 1. The Bertz CT molecular complexity index is 416. The maximum absolute atomic E-state index is 13.0. The quantitative estimate of drug-likeness (QED) is 0.918. The van der Waals surface area contributed by atoms with Crippen molar-refractivity contribution in [1.82, 2.24) is 15.2 Å². The lowest BCUT2D eigenvalue weighted by atomic mass is 10.1. The third kappa shape index (κ3) is 4.36. The first-order chi connectivity index (χ1) is 8.48. The fraction of sp³-hybridized carbons (Fsp3) is 0.636. The van der Waals surface area contributed by atoms with Gasteiger partial charge in [-0.15, -0.1) is 23.7 Å². The molecule has 1 N–H and O–H groups in total. The number of carbonyl (C=O) groups excluding carboxylic acids is 1. The van der Waals surface area contributed by atoms with Gasteiger partial charge in [-0.25, -0.2) is 13.8 Å². The van der Waals surface area contributed by atoms with Gasteiger partial charge in [0.2, 0.25) is 5.91 Å². The molecule has 1 saturated heterocycles. The van der Waals surface area contributed by atoms with Crippen LogP contribution in [0.25, 0.3) is 0 Å².